The van der Waals surface area contributed by atoms with Gasteiger partial charge >= 0.3 is 5.97 Å². The van der Waals surface area contributed by atoms with E-state index in [1.807, 2.05) is 30.3 Å². The van der Waals surface area contributed by atoms with Gasteiger partial charge in [-0.05, 0) is 42.5 Å². The van der Waals surface area contributed by atoms with Crippen molar-refractivity contribution >= 4 is 17.6 Å². The second kappa shape index (κ2) is 6.43. The van der Waals surface area contributed by atoms with Crippen molar-refractivity contribution in [3.63, 3.8) is 0 Å². The Morgan fingerprint density at radius 1 is 1.12 bits per heavy atom. The molecule has 0 heterocycles. The quantitative estimate of drug-likeness (QED) is 0.854. The smallest absolute Gasteiger partial charge is 0.307 e. The third-order valence-electron chi connectivity index (χ3n) is 4.37. The number of carboxylic acids is 1. The maximum Gasteiger partial charge on any atom is 0.307 e. The van der Waals surface area contributed by atoms with Gasteiger partial charge in [-0.3, -0.25) is 9.59 Å². The first kappa shape index (κ1) is 16.2. The molecule has 0 spiro atoms. The van der Waals surface area contributed by atoms with Crippen LogP contribution < -0.4 is 5.32 Å². The number of carboxylic acid groups (broad SMARTS) is 1. The van der Waals surface area contributed by atoms with Gasteiger partial charge in [-0.2, -0.15) is 0 Å². The third-order valence-corrected chi connectivity index (χ3v) is 4.37. The summed E-state index contributed by atoms with van der Waals surface area (Å²) >= 11 is 0. The molecule has 5 heteroatoms. The van der Waals surface area contributed by atoms with E-state index in [1.54, 1.807) is 0 Å². The summed E-state index contributed by atoms with van der Waals surface area (Å²) in [5, 5.41) is 11.5. The Kier molecular flexibility index (Phi) is 4.34. The zero-order valence-electron chi connectivity index (χ0n) is 13.1. The zero-order valence-corrected chi connectivity index (χ0v) is 13.1. The van der Waals surface area contributed by atoms with Crippen LogP contribution in [-0.2, 0) is 22.4 Å². The molecule has 1 aliphatic carbocycles. The van der Waals surface area contributed by atoms with E-state index in [4.69, 9.17) is 5.11 Å². The van der Waals surface area contributed by atoms with Gasteiger partial charge in [-0.15, -0.1) is 0 Å². The van der Waals surface area contributed by atoms with Crippen molar-refractivity contribution in [1.29, 1.82) is 0 Å². The molecule has 124 valence electrons. The number of anilines is 1. The normalized spacial score (nSPS) is 14.9. The van der Waals surface area contributed by atoms with E-state index in [9.17, 15) is 14.0 Å². The van der Waals surface area contributed by atoms with Crippen LogP contribution in [0.4, 0.5) is 10.1 Å². The summed E-state index contributed by atoms with van der Waals surface area (Å²) in [6, 6.07) is 13.9. The Morgan fingerprint density at radius 2 is 1.83 bits per heavy atom. The van der Waals surface area contributed by atoms with Crippen LogP contribution >= 0.6 is 0 Å². The van der Waals surface area contributed by atoms with Crippen LogP contribution in [0.2, 0.25) is 0 Å². The predicted octanol–water partition coefficient (Wildman–Crippen LogP) is 3.41. The van der Waals surface area contributed by atoms with Crippen LogP contribution in [0, 0.1) is 11.2 Å². The molecule has 3 rings (SSSR count). The van der Waals surface area contributed by atoms with Crippen molar-refractivity contribution in [2.45, 2.75) is 25.7 Å². The fraction of sp³-hybridized carbons (Fsp3) is 0.263. The van der Waals surface area contributed by atoms with Crippen molar-refractivity contribution in [2.75, 3.05) is 5.32 Å². The standard InChI is InChI=1S/C19H18FNO3/c20-16-11-15(7-6-14(16)10-17(22)23)21-18(24)19(8-9-19)12-13-4-2-1-3-5-13/h1-7,11H,8-10,12H2,(H,21,24)(H,22,23). The molecule has 1 saturated carbocycles. The van der Waals surface area contributed by atoms with Crippen LogP contribution in [-0.4, -0.2) is 17.0 Å². The van der Waals surface area contributed by atoms with E-state index in [2.05, 4.69) is 5.32 Å². The molecule has 0 aromatic heterocycles. The van der Waals surface area contributed by atoms with E-state index in [1.165, 1.54) is 18.2 Å². The number of amides is 1. The average Bonchev–Trinajstić information content (AvgIpc) is 3.31. The Labute approximate surface area is 139 Å². The predicted molar refractivity (Wildman–Crippen MR) is 88.2 cm³/mol. The van der Waals surface area contributed by atoms with Crippen LogP contribution in [0.15, 0.2) is 48.5 Å². The summed E-state index contributed by atoms with van der Waals surface area (Å²) in [5.41, 5.74) is 1.14. The van der Waals surface area contributed by atoms with Gasteiger partial charge in [0.15, 0.2) is 0 Å². The number of carbonyl (C=O) groups excluding carboxylic acids is 1. The van der Waals surface area contributed by atoms with Gasteiger partial charge in [-0.1, -0.05) is 36.4 Å². The molecule has 0 bridgehead atoms. The maximum atomic E-state index is 13.9. The molecule has 0 saturated heterocycles. The molecule has 4 nitrogen and oxygen atoms in total. The van der Waals surface area contributed by atoms with Gasteiger partial charge in [0.1, 0.15) is 5.82 Å². The molecule has 1 fully saturated rings. The highest BCUT2D eigenvalue weighted by atomic mass is 19.1. The fourth-order valence-electron chi connectivity index (χ4n) is 2.82. The van der Waals surface area contributed by atoms with Crippen LogP contribution in [0.1, 0.15) is 24.0 Å². The zero-order chi connectivity index (χ0) is 17.2. The van der Waals surface area contributed by atoms with Crippen molar-refractivity contribution in [3.8, 4) is 0 Å². The molecule has 2 N–H and O–H groups in total. The summed E-state index contributed by atoms with van der Waals surface area (Å²) in [6.45, 7) is 0. The number of halogens is 1. The Morgan fingerprint density at radius 3 is 2.42 bits per heavy atom. The summed E-state index contributed by atoms with van der Waals surface area (Å²) < 4.78 is 13.9. The number of benzene rings is 2. The summed E-state index contributed by atoms with van der Waals surface area (Å²) in [4.78, 5) is 23.2. The highest BCUT2D eigenvalue weighted by Crippen LogP contribution is 2.49. The molecule has 0 atom stereocenters. The Hall–Kier alpha value is -2.69. The van der Waals surface area contributed by atoms with E-state index in [0.717, 1.165) is 18.4 Å². The minimum Gasteiger partial charge on any atom is -0.481 e. The molecular weight excluding hydrogens is 309 g/mol. The van der Waals surface area contributed by atoms with Gasteiger partial charge in [0.05, 0.1) is 11.8 Å². The third kappa shape index (κ3) is 3.62. The number of aliphatic carboxylic acids is 1. The monoisotopic (exact) mass is 327 g/mol. The summed E-state index contributed by atoms with van der Waals surface area (Å²) in [7, 11) is 0. The molecule has 0 radical (unpaired) electrons. The molecule has 1 aliphatic rings. The first-order valence-electron chi connectivity index (χ1n) is 7.84. The van der Waals surface area contributed by atoms with E-state index in [0.29, 0.717) is 12.1 Å². The van der Waals surface area contributed by atoms with E-state index < -0.39 is 17.2 Å². The van der Waals surface area contributed by atoms with E-state index in [-0.39, 0.29) is 17.9 Å². The van der Waals surface area contributed by atoms with Gasteiger partial charge in [0.25, 0.3) is 0 Å². The number of hydrogen-bond acceptors (Lipinski definition) is 2. The van der Waals surface area contributed by atoms with Crippen LogP contribution in [0.25, 0.3) is 0 Å². The number of hydrogen-bond donors (Lipinski definition) is 2. The Balaban J connectivity index is 1.68. The average molecular weight is 327 g/mol. The van der Waals surface area contributed by atoms with Crippen LogP contribution in [0.5, 0.6) is 0 Å². The fourth-order valence-corrected chi connectivity index (χ4v) is 2.82. The lowest BCUT2D eigenvalue weighted by Crippen LogP contribution is -2.26. The molecule has 1 amide bonds. The first-order chi connectivity index (χ1) is 11.5. The Bertz CT molecular complexity index is 769. The highest BCUT2D eigenvalue weighted by Gasteiger charge is 2.49. The number of carbonyl (C=O) groups is 2. The van der Waals surface area contributed by atoms with E-state index >= 15 is 0 Å². The van der Waals surface area contributed by atoms with Crippen molar-refractivity contribution < 1.29 is 19.1 Å². The van der Waals surface area contributed by atoms with Crippen molar-refractivity contribution in [2.24, 2.45) is 5.41 Å². The molecule has 2 aromatic carbocycles. The lowest BCUT2D eigenvalue weighted by atomic mass is 9.95. The number of nitrogens with one attached hydrogen (secondary N) is 1. The van der Waals surface area contributed by atoms with Gasteiger partial charge in [0.2, 0.25) is 5.91 Å². The molecule has 2 aromatic rings. The molecular formula is C19H18FNO3. The maximum absolute atomic E-state index is 13.9. The first-order valence-corrected chi connectivity index (χ1v) is 7.84. The largest absolute Gasteiger partial charge is 0.481 e. The lowest BCUT2D eigenvalue weighted by molar-refractivity contribution is -0.136. The van der Waals surface area contributed by atoms with Gasteiger partial charge < -0.3 is 10.4 Å². The second-order valence-electron chi connectivity index (χ2n) is 6.27. The topological polar surface area (TPSA) is 66.4 Å². The van der Waals surface area contributed by atoms with Crippen molar-refractivity contribution in [3.05, 3.63) is 65.5 Å². The van der Waals surface area contributed by atoms with Crippen molar-refractivity contribution in [1.82, 2.24) is 0 Å². The molecule has 0 unspecified atom stereocenters. The van der Waals surface area contributed by atoms with Gasteiger partial charge in [-0.25, -0.2) is 4.39 Å². The molecule has 24 heavy (non-hydrogen) atoms. The van der Waals surface area contributed by atoms with Crippen LogP contribution in [0.3, 0.4) is 0 Å². The minimum atomic E-state index is -1.09. The summed E-state index contributed by atoms with van der Waals surface area (Å²) in [5.74, 6) is -1.83. The lowest BCUT2D eigenvalue weighted by Gasteiger charge is -2.16. The van der Waals surface area contributed by atoms with Gasteiger partial charge in [0, 0.05) is 5.69 Å². The SMILES string of the molecule is O=C(O)Cc1ccc(NC(=O)C2(Cc3ccccc3)CC2)cc1F. The minimum absolute atomic E-state index is 0.103. The highest BCUT2D eigenvalue weighted by molar-refractivity contribution is 5.97. The summed E-state index contributed by atoms with van der Waals surface area (Å²) in [6.07, 6.45) is 1.91. The number of rotatable bonds is 6. The second-order valence-corrected chi connectivity index (χ2v) is 6.27. The molecule has 0 aliphatic heterocycles.